The molecule has 2 atom stereocenters. The van der Waals surface area contributed by atoms with Gasteiger partial charge < -0.3 is 9.47 Å². The minimum absolute atomic E-state index is 0.168. The first-order valence-corrected chi connectivity index (χ1v) is 22.4. The van der Waals surface area contributed by atoms with Crippen LogP contribution in [0.3, 0.4) is 0 Å². The van der Waals surface area contributed by atoms with Crippen molar-refractivity contribution in [2.24, 2.45) is 5.92 Å². The van der Waals surface area contributed by atoms with Crippen LogP contribution in [-0.4, -0.2) is 4.57 Å². The molecule has 0 saturated heterocycles. The van der Waals surface area contributed by atoms with Crippen LogP contribution in [0.4, 0.5) is 11.4 Å². The van der Waals surface area contributed by atoms with Gasteiger partial charge in [-0.3, -0.25) is 0 Å². The second kappa shape index (κ2) is 15.9. The van der Waals surface area contributed by atoms with E-state index in [0.29, 0.717) is 6.05 Å². The fourth-order valence-electron chi connectivity index (χ4n) is 10.9. The summed E-state index contributed by atoms with van der Waals surface area (Å²) in [5, 5.41) is 7.22. The van der Waals surface area contributed by atoms with E-state index < -0.39 is 17.3 Å². The molecule has 0 aliphatic heterocycles. The van der Waals surface area contributed by atoms with Gasteiger partial charge in [0, 0.05) is 45.9 Å². The monoisotopic (exact) mass is 833 g/mol. The first-order chi connectivity index (χ1) is 33.5. The summed E-state index contributed by atoms with van der Waals surface area (Å²) in [7, 11) is 0. The van der Waals surface area contributed by atoms with Gasteiger partial charge in [-0.15, -0.1) is 6.55 Å². The Hall–Kier alpha value is -8.20. The van der Waals surface area contributed by atoms with E-state index in [4.69, 9.17) is 1.37 Å². The van der Waals surface area contributed by atoms with Crippen molar-refractivity contribution in [1.82, 2.24) is 4.57 Å². The Morgan fingerprint density at radius 2 is 1.09 bits per heavy atom. The van der Waals surface area contributed by atoms with Gasteiger partial charge in [-0.25, -0.2) is 0 Å². The zero-order valence-corrected chi connectivity index (χ0v) is 35.7. The molecule has 11 aromatic rings. The largest absolute Gasteiger partial charge is 0.317 e. The third-order valence-electron chi connectivity index (χ3n) is 13.7. The smallest absolute Gasteiger partial charge is 0.0595 e. The highest BCUT2D eigenvalue weighted by molar-refractivity contribution is 6.14. The molecule has 308 valence electrons. The van der Waals surface area contributed by atoms with E-state index in [1.54, 1.807) is 0 Å². The molecule has 2 heteroatoms. The highest BCUT2D eigenvalue weighted by atomic mass is 15.1. The summed E-state index contributed by atoms with van der Waals surface area (Å²) in [4.78, 5) is 2.15. The Morgan fingerprint density at radius 3 is 1.78 bits per heavy atom. The number of aromatic nitrogens is 1. The van der Waals surface area contributed by atoms with Crippen LogP contribution in [0.15, 0.2) is 261 Å². The molecule has 0 bridgehead atoms. The maximum absolute atomic E-state index is 10.6. The molecular weight excluding hydrogens is 785 g/mol. The van der Waals surface area contributed by atoms with Gasteiger partial charge in [-0.2, -0.15) is 0 Å². The van der Waals surface area contributed by atoms with Gasteiger partial charge in [0.15, 0.2) is 0 Å². The molecule has 65 heavy (non-hydrogen) atoms. The highest BCUT2D eigenvalue weighted by Crippen LogP contribution is 2.58. The standard InChI is InChI=1S/C63H46N2/c1-2-51-55-30-13-16-33-59(55)63(46-21-5-3-6-22-46,47-23-7-4-8-24-47)60(51)40-41-64(49-25-19-26-50(43-49)65-61-34-17-14-31-56(61)57-32-15-18-35-62(57)65)48-38-36-44(37-39-48)58-42-45-20-9-10-27-52(45)53-28-11-12-29-54(53)58/h2-43,51,60H,1H2/b41-40+/i1D,2D,40D/b2-1?,41-40+. The van der Waals surface area contributed by atoms with E-state index >= 15 is 0 Å². The molecule has 0 amide bonds. The summed E-state index contributed by atoms with van der Waals surface area (Å²) in [5.74, 6) is -1.16. The van der Waals surface area contributed by atoms with Crippen molar-refractivity contribution in [3.8, 4) is 16.8 Å². The Balaban J connectivity index is 1.09. The van der Waals surface area contributed by atoms with E-state index in [9.17, 15) is 2.74 Å². The number of anilines is 2. The second-order valence-electron chi connectivity index (χ2n) is 17.0. The second-order valence-corrected chi connectivity index (χ2v) is 17.0. The molecule has 0 fully saturated rings. The van der Waals surface area contributed by atoms with Gasteiger partial charge in [0.05, 0.1) is 20.6 Å². The maximum Gasteiger partial charge on any atom is 0.0595 e. The summed E-state index contributed by atoms with van der Waals surface area (Å²) in [6.07, 6.45) is 1.98. The van der Waals surface area contributed by atoms with Crippen LogP contribution in [0.2, 0.25) is 0 Å². The first-order valence-electron chi connectivity index (χ1n) is 23.9. The fourth-order valence-corrected chi connectivity index (χ4v) is 10.9. The van der Waals surface area contributed by atoms with Crippen LogP contribution in [-0.2, 0) is 5.41 Å². The third kappa shape index (κ3) is 6.17. The number of hydrogen-bond acceptors (Lipinski definition) is 1. The summed E-state index contributed by atoms with van der Waals surface area (Å²) >= 11 is 0. The van der Waals surface area contributed by atoms with Crippen molar-refractivity contribution in [3.63, 3.8) is 0 Å². The minimum atomic E-state index is -0.857. The van der Waals surface area contributed by atoms with Crippen LogP contribution in [0.1, 0.15) is 32.3 Å². The van der Waals surface area contributed by atoms with E-state index in [1.165, 1.54) is 32.3 Å². The average molecular weight is 834 g/mol. The minimum Gasteiger partial charge on any atom is -0.317 e. The number of rotatable bonds is 9. The lowest BCUT2D eigenvalue weighted by Gasteiger charge is -2.38. The Bertz CT molecular complexity index is 3650. The number of benzene rings is 10. The Labute approximate surface area is 384 Å². The lowest BCUT2D eigenvalue weighted by molar-refractivity contribution is 0.459. The highest BCUT2D eigenvalue weighted by Gasteiger charge is 2.52. The number of fused-ring (bicyclic) bond motifs is 7. The van der Waals surface area contributed by atoms with Crippen molar-refractivity contribution in [2.45, 2.75) is 11.3 Å². The summed E-state index contributed by atoms with van der Waals surface area (Å²) in [6, 6.07) is 83.7. The zero-order valence-electron chi connectivity index (χ0n) is 38.7. The van der Waals surface area contributed by atoms with Crippen LogP contribution in [0.25, 0.3) is 60.2 Å². The van der Waals surface area contributed by atoms with Gasteiger partial charge in [-0.1, -0.05) is 200 Å². The molecule has 2 nitrogen and oxygen atoms in total. The molecule has 0 N–H and O–H groups in total. The van der Waals surface area contributed by atoms with E-state index in [1.807, 2.05) is 24.4 Å². The zero-order chi connectivity index (χ0) is 45.8. The van der Waals surface area contributed by atoms with Crippen molar-refractivity contribution in [3.05, 3.63) is 284 Å². The van der Waals surface area contributed by atoms with Gasteiger partial charge in [0.1, 0.15) is 0 Å². The SMILES string of the molecule is [2H]C=C([2H])C1c2ccccc2C(c2ccccc2)(c2ccccc2)C1/C([2H])=C/N(c1ccc(-c2cc3ccccc3c3ccccc23)cc1)c1cccc(-n2c3ccccc3c3ccccc32)c1. The normalized spacial score (nSPS) is 16.6. The third-order valence-corrected chi connectivity index (χ3v) is 13.7. The molecule has 1 aliphatic rings. The van der Waals surface area contributed by atoms with Crippen LogP contribution in [0, 0.1) is 5.92 Å². The molecule has 1 aliphatic carbocycles. The molecule has 0 saturated carbocycles. The lowest BCUT2D eigenvalue weighted by atomic mass is 9.64. The van der Waals surface area contributed by atoms with E-state index in [0.717, 1.165) is 68.0 Å². The number of allylic oxidation sites excluding steroid dienone is 2. The predicted molar refractivity (Wildman–Crippen MR) is 275 cm³/mol. The molecule has 0 spiro atoms. The van der Waals surface area contributed by atoms with Gasteiger partial charge >= 0.3 is 0 Å². The molecule has 1 heterocycles. The van der Waals surface area contributed by atoms with E-state index in [-0.39, 0.29) is 6.05 Å². The van der Waals surface area contributed by atoms with Crippen molar-refractivity contribution >= 4 is 54.7 Å². The molecular formula is C63H46N2. The van der Waals surface area contributed by atoms with E-state index in [2.05, 4.69) is 228 Å². The van der Waals surface area contributed by atoms with Gasteiger partial charge in [0.25, 0.3) is 0 Å². The summed E-state index contributed by atoms with van der Waals surface area (Å²) in [5.41, 5.74) is 10.5. The lowest BCUT2D eigenvalue weighted by Crippen LogP contribution is -2.34. The summed E-state index contributed by atoms with van der Waals surface area (Å²) < 4.78 is 31.0. The molecule has 0 radical (unpaired) electrons. The van der Waals surface area contributed by atoms with Crippen LogP contribution >= 0.6 is 0 Å². The van der Waals surface area contributed by atoms with Crippen molar-refractivity contribution in [1.29, 1.82) is 0 Å². The number of nitrogens with zero attached hydrogens (tertiary/aromatic N) is 2. The van der Waals surface area contributed by atoms with Gasteiger partial charge in [-0.05, 0) is 103 Å². The quantitative estimate of drug-likeness (QED) is 0.104. The van der Waals surface area contributed by atoms with Gasteiger partial charge in [0.2, 0.25) is 0 Å². The molecule has 12 rings (SSSR count). The van der Waals surface area contributed by atoms with Crippen molar-refractivity contribution in [2.75, 3.05) is 4.90 Å². The van der Waals surface area contributed by atoms with Crippen molar-refractivity contribution < 1.29 is 4.11 Å². The molecule has 10 aromatic carbocycles. The van der Waals surface area contributed by atoms with Crippen LogP contribution in [0.5, 0.6) is 0 Å². The molecule has 2 unspecified atom stereocenters. The predicted octanol–water partition coefficient (Wildman–Crippen LogP) is 16.3. The Kier molecular flexibility index (Phi) is 8.61. The number of hydrogen-bond donors (Lipinski definition) is 0. The number of para-hydroxylation sites is 2. The average Bonchev–Trinajstić information content (AvgIpc) is 3.92. The topological polar surface area (TPSA) is 8.17 Å². The fraction of sp³-hybridized carbons (Fsp3) is 0.0476. The summed E-state index contributed by atoms with van der Waals surface area (Å²) in [6.45, 7) is 1.16. The first kappa shape index (κ1) is 35.3. The van der Waals surface area contributed by atoms with Crippen LogP contribution < -0.4 is 4.90 Å². The molecule has 1 aromatic heterocycles. The maximum atomic E-state index is 10.6. The Morgan fingerprint density at radius 1 is 0.508 bits per heavy atom.